The van der Waals surface area contributed by atoms with Crippen molar-refractivity contribution in [2.45, 2.75) is 39.3 Å². The Morgan fingerprint density at radius 1 is 1.35 bits per heavy atom. The Balaban J connectivity index is 1.89. The zero-order valence-electron chi connectivity index (χ0n) is 13.7. The average molecular weight is 319 g/mol. The molecule has 2 rings (SSSR count). The van der Waals surface area contributed by atoms with Crippen LogP contribution in [0.25, 0.3) is 5.52 Å². The van der Waals surface area contributed by atoms with Gasteiger partial charge in [-0.1, -0.05) is 6.07 Å². The molecule has 7 heteroatoms. The van der Waals surface area contributed by atoms with Crippen molar-refractivity contribution < 1.29 is 19.1 Å². The number of nitrogens with one attached hydrogen (secondary N) is 1. The molecule has 0 spiro atoms. The predicted molar refractivity (Wildman–Crippen MR) is 84.3 cm³/mol. The van der Waals surface area contributed by atoms with Crippen LogP contribution in [0.15, 0.2) is 30.7 Å². The van der Waals surface area contributed by atoms with E-state index in [1.807, 2.05) is 6.07 Å². The molecule has 0 aromatic carbocycles. The molecule has 0 fully saturated rings. The molecule has 2 heterocycles. The molecular weight excluding hydrogens is 298 g/mol. The van der Waals surface area contributed by atoms with E-state index in [1.54, 1.807) is 56.8 Å². The molecule has 0 saturated heterocycles. The number of aromatic nitrogens is 2. The predicted octanol–water partition coefficient (Wildman–Crippen LogP) is 2.40. The van der Waals surface area contributed by atoms with E-state index >= 15 is 0 Å². The third kappa shape index (κ3) is 4.70. The number of esters is 1. The molecule has 0 bridgehead atoms. The Labute approximate surface area is 134 Å². The van der Waals surface area contributed by atoms with Gasteiger partial charge >= 0.3 is 12.1 Å². The molecule has 1 atom stereocenters. The van der Waals surface area contributed by atoms with E-state index in [4.69, 9.17) is 9.47 Å². The fraction of sp³-hybridized carbons (Fsp3) is 0.438. The quantitative estimate of drug-likeness (QED) is 0.875. The zero-order valence-corrected chi connectivity index (χ0v) is 13.7. The van der Waals surface area contributed by atoms with Crippen molar-refractivity contribution in [2.75, 3.05) is 6.61 Å². The van der Waals surface area contributed by atoms with Gasteiger partial charge in [0.15, 0.2) is 0 Å². The number of rotatable bonds is 4. The second-order valence-electron chi connectivity index (χ2n) is 6.25. The third-order valence-corrected chi connectivity index (χ3v) is 2.88. The fourth-order valence-corrected chi connectivity index (χ4v) is 1.94. The summed E-state index contributed by atoms with van der Waals surface area (Å²) in [5, 5.41) is 2.62. The summed E-state index contributed by atoms with van der Waals surface area (Å²) >= 11 is 0. The van der Waals surface area contributed by atoms with Gasteiger partial charge in [-0.3, -0.25) is 4.40 Å². The topological polar surface area (TPSA) is 81.9 Å². The van der Waals surface area contributed by atoms with Crippen LogP contribution in [0.1, 0.15) is 38.2 Å². The van der Waals surface area contributed by atoms with Crippen LogP contribution in [0.3, 0.4) is 0 Å². The van der Waals surface area contributed by atoms with E-state index in [0.717, 1.165) is 5.52 Å². The van der Waals surface area contributed by atoms with Crippen LogP contribution in [0.2, 0.25) is 0 Å². The van der Waals surface area contributed by atoms with Gasteiger partial charge in [-0.15, -0.1) is 0 Å². The zero-order chi connectivity index (χ0) is 17.0. The van der Waals surface area contributed by atoms with Crippen molar-refractivity contribution >= 4 is 17.6 Å². The minimum Gasteiger partial charge on any atom is -0.459 e. The first-order valence-corrected chi connectivity index (χ1v) is 7.34. The van der Waals surface area contributed by atoms with Crippen LogP contribution in [-0.4, -0.2) is 39.7 Å². The molecule has 1 N–H and O–H groups in total. The van der Waals surface area contributed by atoms with Gasteiger partial charge in [0.05, 0.1) is 24.1 Å². The smallest absolute Gasteiger partial charge is 0.407 e. The molecule has 0 unspecified atom stereocenters. The summed E-state index contributed by atoms with van der Waals surface area (Å²) in [4.78, 5) is 27.8. The molecule has 0 aliphatic rings. The standard InChI is InChI=1S/C16H21N3O4/c1-11(18-15(21)23-16(2,3)4)9-22-14(20)13-7-5-6-12-8-17-10-19(12)13/h5-8,10-11H,9H2,1-4H3,(H,18,21)/t11-/m1/s1. The lowest BCUT2D eigenvalue weighted by Crippen LogP contribution is -2.40. The molecule has 0 radical (unpaired) electrons. The first kappa shape index (κ1) is 16.8. The van der Waals surface area contributed by atoms with Gasteiger partial charge in [-0.2, -0.15) is 0 Å². The Morgan fingerprint density at radius 3 is 2.78 bits per heavy atom. The van der Waals surface area contributed by atoms with Gasteiger partial charge in [-0.25, -0.2) is 14.6 Å². The van der Waals surface area contributed by atoms with E-state index in [2.05, 4.69) is 10.3 Å². The third-order valence-electron chi connectivity index (χ3n) is 2.88. The second kappa shape index (κ2) is 6.68. The van der Waals surface area contributed by atoms with Crippen molar-refractivity contribution in [3.63, 3.8) is 0 Å². The normalized spacial score (nSPS) is 12.7. The number of ether oxygens (including phenoxy) is 2. The number of carbonyl (C=O) groups is 2. The molecule has 7 nitrogen and oxygen atoms in total. The number of alkyl carbamates (subject to hydrolysis) is 1. The van der Waals surface area contributed by atoms with Gasteiger partial charge in [-0.05, 0) is 39.8 Å². The first-order valence-electron chi connectivity index (χ1n) is 7.34. The Bertz CT molecular complexity index is 703. The molecule has 2 aromatic heterocycles. The fourth-order valence-electron chi connectivity index (χ4n) is 1.94. The molecule has 2 aromatic rings. The Morgan fingerprint density at radius 2 is 2.09 bits per heavy atom. The van der Waals surface area contributed by atoms with Gasteiger partial charge in [0.2, 0.25) is 0 Å². The molecule has 0 saturated carbocycles. The van der Waals surface area contributed by atoms with E-state index in [1.165, 1.54) is 0 Å². The van der Waals surface area contributed by atoms with Crippen molar-refractivity contribution in [1.82, 2.24) is 14.7 Å². The van der Waals surface area contributed by atoms with Gasteiger partial charge in [0.1, 0.15) is 17.9 Å². The van der Waals surface area contributed by atoms with E-state index < -0.39 is 17.7 Å². The Hall–Kier alpha value is -2.57. The summed E-state index contributed by atoms with van der Waals surface area (Å²) in [6.45, 7) is 7.12. The Kier molecular flexibility index (Phi) is 4.88. The molecule has 23 heavy (non-hydrogen) atoms. The SMILES string of the molecule is C[C@H](COC(=O)c1cccc2cncn12)NC(=O)OC(C)(C)C. The number of fused-ring (bicyclic) bond motifs is 1. The molecule has 1 amide bonds. The maximum absolute atomic E-state index is 12.2. The molecule has 0 aliphatic carbocycles. The summed E-state index contributed by atoms with van der Waals surface area (Å²) in [5.74, 6) is -0.480. The lowest BCUT2D eigenvalue weighted by molar-refractivity contribution is 0.0376. The van der Waals surface area contributed by atoms with Crippen LogP contribution in [-0.2, 0) is 9.47 Å². The average Bonchev–Trinajstić information content (AvgIpc) is 2.90. The number of carbonyl (C=O) groups excluding carboxylic acids is 2. The van der Waals surface area contributed by atoms with Crippen LogP contribution >= 0.6 is 0 Å². The second-order valence-corrected chi connectivity index (χ2v) is 6.25. The van der Waals surface area contributed by atoms with Crippen molar-refractivity contribution in [3.05, 3.63) is 36.4 Å². The number of hydrogen-bond donors (Lipinski definition) is 1. The number of imidazole rings is 1. The highest BCUT2D eigenvalue weighted by Gasteiger charge is 2.19. The lowest BCUT2D eigenvalue weighted by atomic mass is 10.2. The number of nitrogens with zero attached hydrogens (tertiary/aromatic N) is 2. The summed E-state index contributed by atoms with van der Waals surface area (Å²) < 4.78 is 12.0. The highest BCUT2D eigenvalue weighted by atomic mass is 16.6. The van der Waals surface area contributed by atoms with Gasteiger partial charge < -0.3 is 14.8 Å². The number of amides is 1. The van der Waals surface area contributed by atoms with E-state index in [-0.39, 0.29) is 12.6 Å². The van der Waals surface area contributed by atoms with Gasteiger partial charge in [0, 0.05) is 0 Å². The highest BCUT2D eigenvalue weighted by molar-refractivity contribution is 5.88. The van der Waals surface area contributed by atoms with E-state index in [0.29, 0.717) is 5.69 Å². The van der Waals surface area contributed by atoms with E-state index in [9.17, 15) is 9.59 Å². The monoisotopic (exact) mass is 319 g/mol. The first-order chi connectivity index (χ1) is 10.8. The van der Waals surface area contributed by atoms with Crippen molar-refractivity contribution in [2.24, 2.45) is 0 Å². The van der Waals surface area contributed by atoms with Crippen LogP contribution < -0.4 is 5.32 Å². The number of hydrogen-bond acceptors (Lipinski definition) is 5. The number of pyridine rings is 1. The van der Waals surface area contributed by atoms with Crippen LogP contribution in [0, 0.1) is 0 Å². The largest absolute Gasteiger partial charge is 0.459 e. The van der Waals surface area contributed by atoms with Crippen LogP contribution in [0.4, 0.5) is 4.79 Å². The lowest BCUT2D eigenvalue weighted by Gasteiger charge is -2.21. The van der Waals surface area contributed by atoms with Crippen molar-refractivity contribution in [3.8, 4) is 0 Å². The van der Waals surface area contributed by atoms with Crippen molar-refractivity contribution in [1.29, 1.82) is 0 Å². The minimum absolute atomic E-state index is 0.0448. The summed E-state index contributed by atoms with van der Waals surface area (Å²) in [6, 6.07) is 4.89. The molecule has 124 valence electrons. The molecular formula is C16H21N3O4. The maximum Gasteiger partial charge on any atom is 0.407 e. The van der Waals surface area contributed by atoms with Gasteiger partial charge in [0.25, 0.3) is 0 Å². The summed E-state index contributed by atoms with van der Waals surface area (Å²) in [5.41, 5.74) is 0.612. The maximum atomic E-state index is 12.2. The summed E-state index contributed by atoms with van der Waals surface area (Å²) in [6.07, 6.45) is 2.66. The summed E-state index contributed by atoms with van der Waals surface area (Å²) in [7, 11) is 0. The molecule has 0 aliphatic heterocycles. The van der Waals surface area contributed by atoms with Crippen LogP contribution in [0.5, 0.6) is 0 Å². The minimum atomic E-state index is -0.572. The highest BCUT2D eigenvalue weighted by Crippen LogP contribution is 2.09.